The number of rotatable bonds is 1. The first-order valence-electron chi connectivity index (χ1n) is 5.53. The third-order valence-corrected chi connectivity index (χ3v) is 3.62. The van der Waals surface area contributed by atoms with E-state index in [9.17, 15) is 0 Å². The molecule has 2 unspecified atom stereocenters. The molecule has 2 atom stereocenters. The Morgan fingerprint density at radius 3 is 2.87 bits per heavy atom. The van der Waals surface area contributed by atoms with E-state index in [0.717, 1.165) is 24.9 Å². The van der Waals surface area contributed by atoms with Crippen LogP contribution in [-0.2, 0) is 0 Å². The van der Waals surface area contributed by atoms with E-state index in [4.69, 9.17) is 11.6 Å². The van der Waals surface area contributed by atoms with E-state index in [0.29, 0.717) is 5.15 Å². The van der Waals surface area contributed by atoms with E-state index in [1.165, 1.54) is 12.1 Å². The van der Waals surface area contributed by atoms with Gasteiger partial charge in [0.15, 0.2) is 0 Å². The number of aromatic nitrogens is 1. The Hall–Kier alpha value is -0.760. The summed E-state index contributed by atoms with van der Waals surface area (Å²) in [7, 11) is 0. The molecule has 82 valence electrons. The van der Waals surface area contributed by atoms with Gasteiger partial charge in [-0.3, -0.25) is 0 Å². The smallest absolute Gasteiger partial charge is 0.131 e. The van der Waals surface area contributed by atoms with Gasteiger partial charge in [0.1, 0.15) is 5.15 Å². The van der Waals surface area contributed by atoms with Crippen LogP contribution in [0, 0.1) is 11.8 Å². The number of anilines is 1. The van der Waals surface area contributed by atoms with Crippen molar-refractivity contribution in [1.82, 2.24) is 4.98 Å². The number of hydrogen-bond acceptors (Lipinski definition) is 2. The largest absolute Gasteiger partial charge is 0.371 e. The van der Waals surface area contributed by atoms with E-state index < -0.39 is 0 Å². The van der Waals surface area contributed by atoms with E-state index in [1.807, 2.05) is 12.1 Å². The fourth-order valence-electron chi connectivity index (χ4n) is 2.09. The average Bonchev–Trinajstić information content (AvgIpc) is 2.22. The molecule has 0 N–H and O–H groups in total. The molecule has 0 aliphatic carbocycles. The molecule has 1 aromatic heterocycles. The second kappa shape index (κ2) is 4.40. The Morgan fingerprint density at radius 1 is 1.40 bits per heavy atom. The molecule has 1 aromatic rings. The highest BCUT2D eigenvalue weighted by Gasteiger charge is 2.22. The first kappa shape index (κ1) is 10.7. The van der Waals surface area contributed by atoms with Crippen LogP contribution >= 0.6 is 11.6 Å². The Labute approximate surface area is 96.3 Å². The highest BCUT2D eigenvalue weighted by Crippen LogP contribution is 2.27. The summed E-state index contributed by atoms with van der Waals surface area (Å²) in [4.78, 5) is 6.41. The van der Waals surface area contributed by atoms with Crippen molar-refractivity contribution in [2.45, 2.75) is 20.3 Å². The van der Waals surface area contributed by atoms with Crippen LogP contribution in [0.5, 0.6) is 0 Å². The van der Waals surface area contributed by atoms with Crippen LogP contribution in [0.2, 0.25) is 5.15 Å². The van der Waals surface area contributed by atoms with Crippen molar-refractivity contribution in [2.24, 2.45) is 11.8 Å². The van der Waals surface area contributed by atoms with E-state index in [2.05, 4.69) is 23.7 Å². The van der Waals surface area contributed by atoms with Crippen LogP contribution in [0.25, 0.3) is 0 Å². The highest BCUT2D eigenvalue weighted by atomic mass is 35.5. The molecule has 2 nitrogen and oxygen atoms in total. The Balaban J connectivity index is 2.12. The van der Waals surface area contributed by atoms with Crippen molar-refractivity contribution in [2.75, 3.05) is 18.0 Å². The van der Waals surface area contributed by atoms with Crippen LogP contribution in [0.1, 0.15) is 20.3 Å². The summed E-state index contributed by atoms with van der Waals surface area (Å²) in [6.45, 7) is 6.91. The molecule has 0 radical (unpaired) electrons. The maximum Gasteiger partial charge on any atom is 0.131 e. The van der Waals surface area contributed by atoms with E-state index in [-0.39, 0.29) is 0 Å². The minimum absolute atomic E-state index is 0.582. The standard InChI is InChI=1S/C12H17ClN2/c1-9-4-6-15(8-10(9)2)11-3-5-14-12(13)7-11/h3,5,7,9-10H,4,6,8H2,1-2H3. The maximum atomic E-state index is 5.89. The zero-order valence-corrected chi connectivity index (χ0v) is 10.0. The SMILES string of the molecule is CC1CCN(c2ccnc(Cl)c2)CC1C. The normalized spacial score (nSPS) is 26.7. The fourth-order valence-corrected chi connectivity index (χ4v) is 2.25. The lowest BCUT2D eigenvalue weighted by molar-refractivity contribution is 0.324. The summed E-state index contributed by atoms with van der Waals surface area (Å²) < 4.78 is 0. The van der Waals surface area contributed by atoms with Crippen molar-refractivity contribution in [3.05, 3.63) is 23.5 Å². The Morgan fingerprint density at radius 2 is 2.20 bits per heavy atom. The number of pyridine rings is 1. The lowest BCUT2D eigenvalue weighted by Crippen LogP contribution is -2.38. The fraction of sp³-hybridized carbons (Fsp3) is 0.583. The predicted molar refractivity (Wildman–Crippen MR) is 64.4 cm³/mol. The third kappa shape index (κ3) is 2.43. The van der Waals surface area contributed by atoms with Gasteiger partial charge in [0.05, 0.1) is 0 Å². The third-order valence-electron chi connectivity index (χ3n) is 3.41. The van der Waals surface area contributed by atoms with Crippen molar-refractivity contribution >= 4 is 17.3 Å². The van der Waals surface area contributed by atoms with Crippen molar-refractivity contribution < 1.29 is 0 Å². The molecule has 1 fully saturated rings. The minimum atomic E-state index is 0.582. The van der Waals surface area contributed by atoms with Crippen LogP contribution in [-0.4, -0.2) is 18.1 Å². The molecule has 1 aliphatic heterocycles. The number of nitrogens with zero attached hydrogens (tertiary/aromatic N) is 2. The second-order valence-corrected chi connectivity index (χ2v) is 4.91. The summed E-state index contributed by atoms with van der Waals surface area (Å²) in [5.41, 5.74) is 1.20. The van der Waals surface area contributed by atoms with Gasteiger partial charge in [0.2, 0.25) is 0 Å². The molecular weight excluding hydrogens is 208 g/mol. The second-order valence-electron chi connectivity index (χ2n) is 4.53. The minimum Gasteiger partial charge on any atom is -0.371 e. The molecule has 0 bridgehead atoms. The number of halogens is 1. The van der Waals surface area contributed by atoms with Gasteiger partial charge in [-0.1, -0.05) is 25.4 Å². The summed E-state index contributed by atoms with van der Waals surface area (Å²) in [6, 6.07) is 3.98. The maximum absolute atomic E-state index is 5.89. The first-order valence-corrected chi connectivity index (χ1v) is 5.91. The molecule has 2 heterocycles. The summed E-state index contributed by atoms with van der Waals surface area (Å²) in [6.07, 6.45) is 3.04. The topological polar surface area (TPSA) is 16.1 Å². The van der Waals surface area contributed by atoms with Gasteiger partial charge >= 0.3 is 0 Å². The molecule has 3 heteroatoms. The Bertz CT molecular complexity index is 340. The molecule has 1 aliphatic rings. The number of hydrogen-bond donors (Lipinski definition) is 0. The van der Waals surface area contributed by atoms with Crippen LogP contribution < -0.4 is 4.90 Å². The van der Waals surface area contributed by atoms with Gasteiger partial charge in [-0.05, 0) is 30.4 Å². The zero-order chi connectivity index (χ0) is 10.8. The summed E-state index contributed by atoms with van der Waals surface area (Å²) >= 11 is 5.89. The molecule has 1 saturated heterocycles. The summed E-state index contributed by atoms with van der Waals surface area (Å²) in [5, 5.41) is 0.582. The zero-order valence-electron chi connectivity index (χ0n) is 9.28. The monoisotopic (exact) mass is 224 g/mol. The molecule has 2 rings (SSSR count). The van der Waals surface area contributed by atoms with Crippen molar-refractivity contribution in [3.8, 4) is 0 Å². The molecular formula is C12H17ClN2. The molecule has 0 saturated carbocycles. The highest BCUT2D eigenvalue weighted by molar-refractivity contribution is 6.29. The van der Waals surface area contributed by atoms with Gasteiger partial charge in [0, 0.05) is 25.0 Å². The quantitative estimate of drug-likeness (QED) is 0.681. The molecule has 0 amide bonds. The van der Waals surface area contributed by atoms with Gasteiger partial charge < -0.3 is 4.90 Å². The van der Waals surface area contributed by atoms with E-state index >= 15 is 0 Å². The van der Waals surface area contributed by atoms with Crippen LogP contribution in [0.3, 0.4) is 0 Å². The van der Waals surface area contributed by atoms with Gasteiger partial charge in [-0.25, -0.2) is 4.98 Å². The molecule has 15 heavy (non-hydrogen) atoms. The Kier molecular flexibility index (Phi) is 3.15. The van der Waals surface area contributed by atoms with Crippen molar-refractivity contribution in [3.63, 3.8) is 0 Å². The lowest BCUT2D eigenvalue weighted by atomic mass is 9.88. The van der Waals surface area contributed by atoms with Gasteiger partial charge in [0.25, 0.3) is 0 Å². The predicted octanol–water partition coefficient (Wildman–Crippen LogP) is 3.22. The molecule has 0 spiro atoms. The first-order chi connectivity index (χ1) is 7.16. The van der Waals surface area contributed by atoms with Crippen LogP contribution in [0.15, 0.2) is 18.3 Å². The molecule has 0 aromatic carbocycles. The number of piperidine rings is 1. The summed E-state index contributed by atoms with van der Waals surface area (Å²) in [5.74, 6) is 1.59. The van der Waals surface area contributed by atoms with Crippen LogP contribution in [0.4, 0.5) is 5.69 Å². The van der Waals surface area contributed by atoms with E-state index in [1.54, 1.807) is 6.20 Å². The van der Waals surface area contributed by atoms with Gasteiger partial charge in [-0.2, -0.15) is 0 Å². The average molecular weight is 225 g/mol. The van der Waals surface area contributed by atoms with Gasteiger partial charge in [-0.15, -0.1) is 0 Å². The lowest BCUT2D eigenvalue weighted by Gasteiger charge is -2.36. The van der Waals surface area contributed by atoms with Crippen molar-refractivity contribution in [1.29, 1.82) is 0 Å².